The molecular weight excluding hydrogens is 186 g/mol. The topological polar surface area (TPSA) is 36.9 Å². The molecule has 1 aromatic carbocycles. The van der Waals surface area contributed by atoms with Crippen molar-refractivity contribution in [1.29, 1.82) is 0 Å². The molecule has 0 bridgehead atoms. The monoisotopic (exact) mass is 199 g/mol. The van der Waals surface area contributed by atoms with Gasteiger partial charge in [0.05, 0.1) is 0 Å². The van der Waals surface area contributed by atoms with Crippen LogP contribution in [-0.4, -0.2) is 0 Å². The van der Waals surface area contributed by atoms with E-state index in [9.17, 15) is 0 Å². The largest absolute Gasteiger partial charge is 1.00 e. The zero-order chi connectivity index (χ0) is 8.39. The summed E-state index contributed by atoms with van der Waals surface area (Å²) in [7, 11) is 0. The highest BCUT2D eigenvalue weighted by Crippen LogP contribution is 2.30. The highest BCUT2D eigenvalue weighted by molar-refractivity contribution is 5.30. The Bertz CT molecular complexity index is 277. The lowest BCUT2D eigenvalue weighted by Crippen LogP contribution is -3.00. The summed E-state index contributed by atoms with van der Waals surface area (Å²) in [5.74, 6) is 3.51. The van der Waals surface area contributed by atoms with Crippen LogP contribution >= 0.6 is 0 Å². The molecule has 0 spiro atoms. The molecule has 0 radical (unpaired) electrons. The molecule has 2 rings (SSSR count). The predicted molar refractivity (Wildman–Crippen MR) is 46.1 cm³/mol. The minimum absolute atomic E-state index is 0. The second-order valence-electron chi connectivity index (χ2n) is 3.25. The molecule has 0 aliphatic heterocycles. The third-order valence-corrected chi connectivity index (χ3v) is 2.52. The zero-order valence-corrected chi connectivity index (χ0v) is 8.26. The SMILES string of the molecule is [Cl-].[NH3+]OC1CCCc2ccccc21. The van der Waals surface area contributed by atoms with Gasteiger partial charge >= 0.3 is 0 Å². The molecule has 2 nitrogen and oxygen atoms in total. The number of halogens is 1. The smallest absolute Gasteiger partial charge is 0.142 e. The van der Waals surface area contributed by atoms with Crippen molar-refractivity contribution in [3.05, 3.63) is 35.4 Å². The van der Waals surface area contributed by atoms with Gasteiger partial charge in [0, 0.05) is 0 Å². The molecule has 13 heavy (non-hydrogen) atoms. The third kappa shape index (κ3) is 2.02. The lowest BCUT2D eigenvalue weighted by molar-refractivity contribution is -0.705. The van der Waals surface area contributed by atoms with Crippen molar-refractivity contribution < 1.29 is 23.1 Å². The van der Waals surface area contributed by atoms with Crippen molar-refractivity contribution in [3.8, 4) is 0 Å². The average Bonchev–Trinajstić information content (AvgIpc) is 2.17. The number of hydrogen-bond acceptors (Lipinski definition) is 1. The molecule has 0 amide bonds. The molecule has 0 fully saturated rings. The van der Waals surface area contributed by atoms with Gasteiger partial charge in [-0.25, -0.2) is 10.7 Å². The third-order valence-electron chi connectivity index (χ3n) is 2.52. The number of benzene rings is 1. The zero-order valence-electron chi connectivity index (χ0n) is 7.50. The van der Waals surface area contributed by atoms with Crippen LogP contribution in [0.5, 0.6) is 0 Å². The molecule has 0 saturated heterocycles. The second-order valence-corrected chi connectivity index (χ2v) is 3.25. The molecule has 1 aliphatic rings. The molecule has 72 valence electrons. The van der Waals surface area contributed by atoms with Gasteiger partial charge in [0.1, 0.15) is 6.10 Å². The molecule has 0 heterocycles. The van der Waals surface area contributed by atoms with Crippen LogP contribution in [0.15, 0.2) is 24.3 Å². The fraction of sp³-hybridized carbons (Fsp3) is 0.400. The molecule has 3 N–H and O–H groups in total. The van der Waals surface area contributed by atoms with Gasteiger partial charge in [0.25, 0.3) is 0 Å². The minimum atomic E-state index is 0. The Morgan fingerprint density at radius 3 is 2.85 bits per heavy atom. The predicted octanol–water partition coefficient (Wildman–Crippen LogP) is -1.76. The Labute approximate surface area is 84.4 Å². The van der Waals surface area contributed by atoms with Gasteiger partial charge < -0.3 is 12.4 Å². The molecule has 0 aromatic heterocycles. The lowest BCUT2D eigenvalue weighted by Gasteiger charge is -2.21. The van der Waals surface area contributed by atoms with E-state index in [0.717, 1.165) is 6.42 Å². The van der Waals surface area contributed by atoms with E-state index in [-0.39, 0.29) is 18.5 Å². The number of quaternary nitrogens is 1. The Morgan fingerprint density at radius 2 is 2.08 bits per heavy atom. The summed E-state index contributed by atoms with van der Waals surface area (Å²) in [6, 6.07) is 8.48. The second kappa shape index (κ2) is 4.61. The first-order chi connectivity index (χ1) is 5.92. The van der Waals surface area contributed by atoms with Crippen LogP contribution in [0.2, 0.25) is 0 Å². The van der Waals surface area contributed by atoms with Crippen LogP contribution in [0.3, 0.4) is 0 Å². The van der Waals surface area contributed by atoms with Crippen molar-refractivity contribution in [2.24, 2.45) is 0 Å². The van der Waals surface area contributed by atoms with Crippen LogP contribution in [0.4, 0.5) is 0 Å². The number of rotatable bonds is 1. The maximum Gasteiger partial charge on any atom is 0.142 e. The fourth-order valence-corrected chi connectivity index (χ4v) is 1.88. The van der Waals surface area contributed by atoms with Gasteiger partial charge in [0.2, 0.25) is 0 Å². The van der Waals surface area contributed by atoms with Crippen LogP contribution in [0, 0.1) is 0 Å². The summed E-state index contributed by atoms with van der Waals surface area (Å²) < 4.78 is 0. The first-order valence-corrected chi connectivity index (χ1v) is 4.40. The molecule has 1 aromatic rings. The normalized spacial score (nSPS) is 20.2. The standard InChI is InChI=1S/C10H14NO.ClH/c11-12-10-7-3-5-8-4-1-2-6-9(8)10;/h1-2,4,6,10H,3,5,7H2,11H3;1H/q+1;/p-1. The number of fused-ring (bicyclic) bond motifs is 1. The van der Waals surface area contributed by atoms with E-state index in [1.54, 1.807) is 0 Å². The van der Waals surface area contributed by atoms with E-state index in [1.165, 1.54) is 24.0 Å². The minimum Gasteiger partial charge on any atom is -1.00 e. The van der Waals surface area contributed by atoms with Crippen molar-refractivity contribution >= 4 is 0 Å². The Balaban J connectivity index is 0.000000845. The molecule has 3 heteroatoms. The Kier molecular flexibility index (Phi) is 3.72. The van der Waals surface area contributed by atoms with E-state index in [1.807, 2.05) is 0 Å². The summed E-state index contributed by atoms with van der Waals surface area (Å²) in [4.78, 5) is 5.17. The summed E-state index contributed by atoms with van der Waals surface area (Å²) in [6.07, 6.45) is 3.75. The first kappa shape index (κ1) is 10.5. The van der Waals surface area contributed by atoms with Crippen molar-refractivity contribution in [2.45, 2.75) is 25.4 Å². The van der Waals surface area contributed by atoms with Gasteiger partial charge in [-0.1, -0.05) is 24.3 Å². The van der Waals surface area contributed by atoms with E-state index in [0.29, 0.717) is 0 Å². The maximum absolute atomic E-state index is 5.17. The quantitative estimate of drug-likeness (QED) is 0.535. The number of hydrogen-bond donors (Lipinski definition) is 1. The summed E-state index contributed by atoms with van der Waals surface area (Å²) >= 11 is 0. The van der Waals surface area contributed by atoms with Crippen LogP contribution in [0.1, 0.15) is 30.1 Å². The Hall–Kier alpha value is -0.570. The van der Waals surface area contributed by atoms with Gasteiger partial charge in [-0.3, -0.25) is 0 Å². The molecule has 1 atom stereocenters. The van der Waals surface area contributed by atoms with E-state index in [4.69, 9.17) is 4.84 Å². The lowest BCUT2D eigenvalue weighted by atomic mass is 9.90. The van der Waals surface area contributed by atoms with Crippen LogP contribution in [-0.2, 0) is 11.3 Å². The molecule has 0 saturated carbocycles. The van der Waals surface area contributed by atoms with Crippen molar-refractivity contribution in [1.82, 2.24) is 0 Å². The highest BCUT2D eigenvalue weighted by atomic mass is 35.5. The van der Waals surface area contributed by atoms with Crippen LogP contribution < -0.4 is 18.3 Å². The van der Waals surface area contributed by atoms with Crippen molar-refractivity contribution in [3.63, 3.8) is 0 Å². The van der Waals surface area contributed by atoms with Gasteiger partial charge in [-0.05, 0) is 30.4 Å². The number of aryl methyl sites for hydroxylation is 1. The van der Waals surface area contributed by atoms with E-state index in [2.05, 4.69) is 30.2 Å². The molecule has 1 unspecified atom stereocenters. The van der Waals surface area contributed by atoms with Gasteiger partial charge in [-0.15, -0.1) is 0 Å². The van der Waals surface area contributed by atoms with Gasteiger partial charge in [0.15, 0.2) is 0 Å². The van der Waals surface area contributed by atoms with E-state index >= 15 is 0 Å². The fourth-order valence-electron chi connectivity index (χ4n) is 1.88. The average molecular weight is 200 g/mol. The Morgan fingerprint density at radius 1 is 1.31 bits per heavy atom. The van der Waals surface area contributed by atoms with Gasteiger partial charge in [-0.2, -0.15) is 0 Å². The molecule has 1 aliphatic carbocycles. The molecular formula is C10H14ClNO. The summed E-state index contributed by atoms with van der Waals surface area (Å²) in [5, 5.41) is 0. The first-order valence-electron chi connectivity index (χ1n) is 4.40. The van der Waals surface area contributed by atoms with Crippen molar-refractivity contribution in [2.75, 3.05) is 0 Å². The maximum atomic E-state index is 5.17. The van der Waals surface area contributed by atoms with Crippen LogP contribution in [0.25, 0.3) is 0 Å². The highest BCUT2D eigenvalue weighted by Gasteiger charge is 2.20. The summed E-state index contributed by atoms with van der Waals surface area (Å²) in [5.41, 5.74) is 2.76. The van der Waals surface area contributed by atoms with E-state index < -0.39 is 0 Å². The summed E-state index contributed by atoms with van der Waals surface area (Å²) in [6.45, 7) is 0.